The van der Waals surface area contributed by atoms with Crippen molar-refractivity contribution in [2.45, 2.75) is 48.6 Å². The number of hydrogen-bond acceptors (Lipinski definition) is 7. The number of thioether (sulfide) groups is 1. The van der Waals surface area contributed by atoms with Crippen LogP contribution in [-0.2, 0) is 39.7 Å². The van der Waals surface area contributed by atoms with Crippen molar-refractivity contribution in [1.82, 2.24) is 14.3 Å². The normalized spacial score (nSPS) is 20.1. The van der Waals surface area contributed by atoms with E-state index in [1.54, 1.807) is 48.3 Å². The van der Waals surface area contributed by atoms with Crippen LogP contribution in [0.3, 0.4) is 0 Å². The SMILES string of the molecule is C[C@H]1[C@@H](CSc2nccn2C)O[C@@H](c2cccc(-c3cccc(CNS(=O)(=O)c4ccccc4)c3)c2)O[C@H]1c1ccc(CO)cc1. The highest BCUT2D eigenvalue weighted by atomic mass is 32.2. The van der Waals surface area contributed by atoms with Gasteiger partial charge in [0.15, 0.2) is 11.4 Å². The number of hydrogen-bond donors (Lipinski definition) is 2. The van der Waals surface area contributed by atoms with E-state index < -0.39 is 16.3 Å². The number of imidazole rings is 1. The molecule has 0 unspecified atom stereocenters. The molecule has 0 spiro atoms. The average molecular weight is 656 g/mol. The van der Waals surface area contributed by atoms with Gasteiger partial charge in [-0.25, -0.2) is 18.1 Å². The van der Waals surface area contributed by atoms with Crippen LogP contribution in [0.1, 0.15) is 41.6 Å². The number of aliphatic hydroxyl groups excluding tert-OH is 1. The quantitative estimate of drug-likeness (QED) is 0.154. The van der Waals surface area contributed by atoms with Crippen molar-refractivity contribution in [1.29, 1.82) is 0 Å². The second-order valence-electron chi connectivity index (χ2n) is 11.4. The summed E-state index contributed by atoms with van der Waals surface area (Å²) in [6.45, 7) is 2.31. The van der Waals surface area contributed by atoms with Gasteiger partial charge in [0.1, 0.15) is 0 Å². The van der Waals surface area contributed by atoms with E-state index in [4.69, 9.17) is 9.47 Å². The fourth-order valence-corrected chi connectivity index (χ4v) is 7.68. The molecule has 1 aliphatic heterocycles. The predicted octanol–water partition coefficient (Wildman–Crippen LogP) is 6.64. The van der Waals surface area contributed by atoms with E-state index in [2.05, 4.69) is 22.7 Å². The van der Waals surface area contributed by atoms with Gasteiger partial charge in [-0.1, -0.05) is 97.5 Å². The fourth-order valence-electron chi connectivity index (χ4n) is 5.54. The predicted molar refractivity (Wildman–Crippen MR) is 179 cm³/mol. The number of rotatable bonds is 11. The zero-order valence-corrected chi connectivity index (χ0v) is 27.3. The minimum atomic E-state index is -3.62. The monoisotopic (exact) mass is 655 g/mol. The molecule has 1 fully saturated rings. The van der Waals surface area contributed by atoms with Gasteiger partial charge in [0, 0.05) is 43.2 Å². The van der Waals surface area contributed by atoms with Crippen molar-refractivity contribution < 1.29 is 23.0 Å². The maximum absolute atomic E-state index is 12.8. The van der Waals surface area contributed by atoms with Crippen LogP contribution >= 0.6 is 11.8 Å². The summed E-state index contributed by atoms with van der Waals surface area (Å²) in [5.74, 6) is 0.765. The van der Waals surface area contributed by atoms with Crippen LogP contribution in [0, 0.1) is 5.92 Å². The third-order valence-corrected chi connectivity index (χ3v) is 10.8. The van der Waals surface area contributed by atoms with Gasteiger partial charge in [-0.3, -0.25) is 0 Å². The van der Waals surface area contributed by atoms with Crippen LogP contribution < -0.4 is 4.72 Å². The third kappa shape index (κ3) is 7.44. The number of ether oxygens (including phenoxy) is 2. The first-order chi connectivity index (χ1) is 22.3. The molecule has 4 aromatic carbocycles. The van der Waals surface area contributed by atoms with E-state index in [0.717, 1.165) is 38.5 Å². The van der Waals surface area contributed by atoms with Crippen molar-refractivity contribution in [3.8, 4) is 11.1 Å². The number of nitrogens with zero attached hydrogens (tertiary/aromatic N) is 2. The van der Waals surface area contributed by atoms with E-state index in [-0.39, 0.29) is 36.2 Å². The van der Waals surface area contributed by atoms with E-state index in [9.17, 15) is 13.5 Å². The second kappa shape index (κ2) is 14.3. The van der Waals surface area contributed by atoms with E-state index in [1.807, 2.05) is 84.5 Å². The summed E-state index contributed by atoms with van der Waals surface area (Å²) in [7, 11) is -1.64. The molecule has 2 N–H and O–H groups in total. The zero-order valence-electron chi connectivity index (χ0n) is 25.7. The van der Waals surface area contributed by atoms with Crippen molar-refractivity contribution in [3.63, 3.8) is 0 Å². The van der Waals surface area contributed by atoms with E-state index >= 15 is 0 Å². The van der Waals surface area contributed by atoms with E-state index in [0.29, 0.717) is 5.75 Å². The van der Waals surface area contributed by atoms with Gasteiger partial charge in [0.25, 0.3) is 0 Å². The Morgan fingerprint density at radius 1 is 0.870 bits per heavy atom. The molecule has 4 atom stereocenters. The summed E-state index contributed by atoms with van der Waals surface area (Å²) in [6, 6.07) is 32.2. The van der Waals surface area contributed by atoms with E-state index in [1.165, 1.54) is 0 Å². The number of aromatic nitrogens is 2. The molecule has 5 aromatic rings. The number of nitrogens with one attached hydrogen (secondary N) is 1. The number of aliphatic hydroxyl groups is 1. The van der Waals surface area contributed by atoms with Crippen LogP contribution in [-0.4, -0.2) is 34.9 Å². The summed E-state index contributed by atoms with van der Waals surface area (Å²) in [6.07, 6.45) is 2.79. The maximum Gasteiger partial charge on any atom is 0.240 e. The summed E-state index contributed by atoms with van der Waals surface area (Å²) in [5, 5.41) is 10.5. The average Bonchev–Trinajstić information content (AvgIpc) is 3.51. The Hall–Kier alpha value is -3.77. The summed E-state index contributed by atoms with van der Waals surface area (Å²) in [4.78, 5) is 4.71. The molecular formula is C36H37N3O5S2. The summed E-state index contributed by atoms with van der Waals surface area (Å²) >= 11 is 1.66. The minimum absolute atomic E-state index is 0.0110. The fraction of sp³-hybridized carbons (Fsp3) is 0.250. The summed E-state index contributed by atoms with van der Waals surface area (Å²) in [5.41, 5.74) is 5.55. The Morgan fingerprint density at radius 3 is 2.33 bits per heavy atom. The second-order valence-corrected chi connectivity index (χ2v) is 14.2. The van der Waals surface area contributed by atoms with Gasteiger partial charge in [-0.15, -0.1) is 0 Å². The smallest absolute Gasteiger partial charge is 0.240 e. The molecule has 10 heteroatoms. The summed E-state index contributed by atoms with van der Waals surface area (Å²) < 4.78 is 43.6. The number of benzene rings is 4. The molecule has 238 valence electrons. The molecule has 46 heavy (non-hydrogen) atoms. The molecule has 2 heterocycles. The first kappa shape index (κ1) is 32.2. The molecule has 8 nitrogen and oxygen atoms in total. The highest BCUT2D eigenvalue weighted by Crippen LogP contribution is 2.43. The molecule has 0 radical (unpaired) electrons. The van der Waals surface area contributed by atoms with Crippen LogP contribution in [0.25, 0.3) is 11.1 Å². The molecule has 0 amide bonds. The highest BCUT2D eigenvalue weighted by Gasteiger charge is 2.38. The van der Waals surface area contributed by atoms with Crippen molar-refractivity contribution in [2.24, 2.45) is 13.0 Å². The molecule has 1 aromatic heterocycles. The van der Waals surface area contributed by atoms with Crippen molar-refractivity contribution in [3.05, 3.63) is 138 Å². The Labute approximate surface area is 274 Å². The number of aryl methyl sites for hydroxylation is 1. The van der Waals surface area contributed by atoms with Crippen molar-refractivity contribution >= 4 is 21.8 Å². The Balaban J connectivity index is 1.23. The van der Waals surface area contributed by atoms with Gasteiger partial charge in [0.05, 0.1) is 23.7 Å². The lowest BCUT2D eigenvalue weighted by atomic mass is 9.91. The molecule has 0 saturated carbocycles. The lowest BCUT2D eigenvalue weighted by molar-refractivity contribution is -0.268. The van der Waals surface area contributed by atoms with Crippen LogP contribution in [0.15, 0.2) is 126 Å². The van der Waals surface area contributed by atoms with Gasteiger partial charge >= 0.3 is 0 Å². The highest BCUT2D eigenvalue weighted by molar-refractivity contribution is 7.99. The molecule has 1 aliphatic rings. The molecular weight excluding hydrogens is 619 g/mol. The van der Waals surface area contributed by atoms with Gasteiger partial charge < -0.3 is 19.1 Å². The van der Waals surface area contributed by atoms with Gasteiger partial charge in [-0.05, 0) is 52.1 Å². The molecule has 0 aliphatic carbocycles. The molecule has 6 rings (SSSR count). The zero-order chi connectivity index (χ0) is 32.1. The van der Waals surface area contributed by atoms with Gasteiger partial charge in [0.2, 0.25) is 10.0 Å². The van der Waals surface area contributed by atoms with Crippen LogP contribution in [0.5, 0.6) is 0 Å². The lowest BCUT2D eigenvalue weighted by Gasteiger charge is -2.41. The number of sulfonamides is 1. The van der Waals surface area contributed by atoms with Crippen molar-refractivity contribution in [2.75, 3.05) is 5.75 Å². The Morgan fingerprint density at radius 2 is 1.61 bits per heavy atom. The van der Waals surface area contributed by atoms with Crippen LogP contribution in [0.4, 0.5) is 0 Å². The lowest BCUT2D eigenvalue weighted by Crippen LogP contribution is -2.38. The minimum Gasteiger partial charge on any atom is -0.392 e. The van der Waals surface area contributed by atoms with Crippen LogP contribution in [0.2, 0.25) is 0 Å². The topological polar surface area (TPSA) is 103 Å². The first-order valence-electron chi connectivity index (χ1n) is 15.2. The first-order valence-corrected chi connectivity index (χ1v) is 17.6. The Kier molecular flexibility index (Phi) is 10.0. The Bertz CT molecular complexity index is 1860. The molecule has 0 bridgehead atoms. The third-order valence-electron chi connectivity index (χ3n) is 8.22. The standard InChI is InChI=1S/C36H37N3O5S2/c1-25-33(24-45-36-37-18-19-39(36)2)43-35(44-34(25)28-16-14-26(23-40)15-17-28)31-11-7-10-30(21-31)29-9-6-8-27(20-29)22-38-46(41,42)32-12-4-3-5-13-32/h3-21,25,33-35,38,40H,22-24H2,1-2H3/t25-,33+,34+,35+/m0/s1. The van der Waals surface area contributed by atoms with Gasteiger partial charge in [-0.2, -0.15) is 0 Å². The molecule has 1 saturated heterocycles. The largest absolute Gasteiger partial charge is 0.392 e. The maximum atomic E-state index is 12.8.